The van der Waals surface area contributed by atoms with Crippen LogP contribution in [0.2, 0.25) is 0 Å². The Bertz CT molecular complexity index is 6960. The molecule has 0 spiro atoms. The van der Waals surface area contributed by atoms with Gasteiger partial charge in [0.25, 0.3) is 0 Å². The van der Waals surface area contributed by atoms with Gasteiger partial charge >= 0.3 is 0 Å². The first kappa shape index (κ1) is 67.7. The van der Waals surface area contributed by atoms with Gasteiger partial charge in [-0.2, -0.15) is 0 Å². The first-order valence-electron chi connectivity index (χ1n) is 39.9. The van der Waals surface area contributed by atoms with E-state index in [1.807, 2.05) is 0 Å². The quantitative estimate of drug-likeness (QED) is 0.133. The van der Waals surface area contributed by atoms with Gasteiger partial charge in [-0.1, -0.05) is 296 Å². The Labute approximate surface area is 661 Å². The summed E-state index contributed by atoms with van der Waals surface area (Å²) >= 11 is 0. The van der Waals surface area contributed by atoms with Crippen molar-refractivity contribution in [2.75, 3.05) is 9.80 Å². The lowest BCUT2D eigenvalue weighted by Crippen LogP contribution is -2.16. The molecule has 0 heterocycles. The lowest BCUT2D eigenvalue weighted by molar-refractivity contribution is 0.660. The highest BCUT2D eigenvalue weighted by Crippen LogP contribution is 2.57. The molecule has 113 heavy (non-hydrogen) atoms. The number of anilines is 6. The van der Waals surface area contributed by atoms with Crippen LogP contribution in [0, 0.1) is 13.8 Å². The van der Waals surface area contributed by atoms with Crippen LogP contribution in [0.3, 0.4) is 0 Å². The van der Waals surface area contributed by atoms with Crippen molar-refractivity contribution in [3.63, 3.8) is 0 Å². The van der Waals surface area contributed by atoms with Crippen molar-refractivity contribution >= 4 is 110 Å². The summed E-state index contributed by atoms with van der Waals surface area (Å²) in [6.45, 7) is 18.9. The Morgan fingerprint density at radius 1 is 0.177 bits per heavy atom. The van der Waals surface area contributed by atoms with Crippen molar-refractivity contribution in [3.8, 4) is 66.8 Å². The van der Waals surface area contributed by atoms with Crippen molar-refractivity contribution in [3.05, 3.63) is 408 Å². The van der Waals surface area contributed by atoms with Gasteiger partial charge in [0.05, 0.1) is 0 Å². The number of nitrogens with zero attached hydrogens (tertiary/aromatic N) is 2. The fourth-order valence-electron chi connectivity index (χ4n) is 19.9. The third-order valence-electron chi connectivity index (χ3n) is 25.8. The summed E-state index contributed by atoms with van der Waals surface area (Å²) in [5.74, 6) is 0. The Hall–Kier alpha value is -13.4. The third kappa shape index (κ3) is 10.7. The summed E-state index contributed by atoms with van der Waals surface area (Å²) in [6.07, 6.45) is 0. The molecule has 538 valence electrons. The molecule has 0 unspecified atom stereocenters. The van der Waals surface area contributed by atoms with E-state index in [0.717, 1.165) is 22.7 Å². The van der Waals surface area contributed by atoms with Crippen LogP contribution in [0.1, 0.15) is 86.1 Å². The fraction of sp³-hybridized carbons (Fsp3) is 0.0991. The lowest BCUT2D eigenvalue weighted by atomic mass is 9.79. The van der Waals surface area contributed by atoms with Gasteiger partial charge in [-0.25, -0.2) is 0 Å². The molecule has 0 atom stereocenters. The smallest absolute Gasteiger partial charge is 0.0468 e. The molecular weight excluding hydrogens is 1360 g/mol. The molecule has 0 N–H and O–H groups in total. The maximum atomic E-state index is 2.54. The topological polar surface area (TPSA) is 6.48 Å². The van der Waals surface area contributed by atoms with Crippen molar-refractivity contribution < 1.29 is 0 Å². The SMILES string of the molecule is CC1(C)c2cc(-c3ccc4ccccc4c3)ccc2-c2cc3c(-c4ccc5ccccc5c4)c4ccccc4c(-c4ccc5ccccc5c4)c3cc21.Cc1c2ccc(N(c3ccccc3)c3ccc4c(c3)C(C)(C)c3ccccc3-4)cc2c(C)c2ccc(N(c3ccccc3)c3ccc4c(c3)C(C)(C)c3ccccc3-4)cc12. The van der Waals surface area contributed by atoms with Gasteiger partial charge in [-0.3, -0.25) is 0 Å². The van der Waals surface area contributed by atoms with Crippen molar-refractivity contribution in [2.24, 2.45) is 0 Å². The van der Waals surface area contributed by atoms with Crippen LogP contribution >= 0.6 is 0 Å². The molecule has 2 nitrogen and oxygen atoms in total. The first-order chi connectivity index (χ1) is 55.1. The Balaban J connectivity index is 0.000000143. The van der Waals surface area contributed by atoms with Gasteiger partial charge in [0, 0.05) is 50.4 Å². The van der Waals surface area contributed by atoms with Crippen LogP contribution < -0.4 is 9.80 Å². The minimum atomic E-state index is -0.179. The Morgan fingerprint density at radius 3 is 0.973 bits per heavy atom. The molecule has 19 aromatic rings. The summed E-state index contributed by atoms with van der Waals surface area (Å²) < 4.78 is 0. The molecular formula is C111H84N2. The molecule has 0 saturated carbocycles. The zero-order valence-electron chi connectivity index (χ0n) is 65.0. The second-order valence-electron chi connectivity index (χ2n) is 33.2. The maximum Gasteiger partial charge on any atom is 0.0468 e. The normalized spacial score (nSPS) is 13.7. The highest BCUT2D eigenvalue weighted by Gasteiger charge is 2.40. The van der Waals surface area contributed by atoms with Crippen LogP contribution in [0.15, 0.2) is 364 Å². The van der Waals surface area contributed by atoms with Crippen LogP contribution in [0.4, 0.5) is 34.1 Å². The van der Waals surface area contributed by atoms with Crippen molar-refractivity contribution in [1.29, 1.82) is 0 Å². The standard InChI is InChI=1S/C58H48N2.C53H36/c1-37-45-29-25-42(60(40-19-11-8-12-20-40)44-28-32-50-48-22-14-16-24-54(48)58(5,6)56(50)36-44)34-52(45)38(2)46-30-26-41(33-51(37)46)59(39-17-9-7-10-18-39)43-27-31-49-47-21-13-15-23-53(47)57(3,4)55(49)35-43;1-53(2)49-30-40(39-22-19-33-11-3-6-14-36(33)27-39)25-26-43(49)46-31-47-48(32-50(46)53)52(42-24-21-35-13-5-8-16-38(35)29-42)45-18-10-9-17-44(45)51(47)41-23-20-34-12-4-7-15-37(34)28-41/h7-36H,1-6H3;3-32H,1-2H3. The van der Waals surface area contributed by atoms with Gasteiger partial charge in [-0.15, -0.1) is 0 Å². The molecule has 0 bridgehead atoms. The molecule has 0 saturated heterocycles. The summed E-state index contributed by atoms with van der Waals surface area (Å²) in [5.41, 5.74) is 33.1. The number of aryl methyl sites for hydroxylation is 2. The molecule has 0 aliphatic heterocycles. The van der Waals surface area contributed by atoms with Crippen LogP contribution in [0.25, 0.3) is 142 Å². The Morgan fingerprint density at radius 2 is 0.496 bits per heavy atom. The largest absolute Gasteiger partial charge is 0.310 e. The van der Waals surface area contributed by atoms with E-state index in [1.54, 1.807) is 0 Å². The van der Waals surface area contributed by atoms with Gasteiger partial charge in [0.2, 0.25) is 0 Å². The summed E-state index contributed by atoms with van der Waals surface area (Å²) in [5, 5.41) is 17.9. The van der Waals surface area contributed by atoms with E-state index in [1.165, 1.54) is 198 Å². The lowest BCUT2D eigenvalue weighted by Gasteiger charge is -2.29. The first-order valence-corrected chi connectivity index (χ1v) is 39.9. The van der Waals surface area contributed by atoms with E-state index in [2.05, 4.69) is 429 Å². The van der Waals surface area contributed by atoms with Crippen LogP contribution in [-0.4, -0.2) is 0 Å². The molecule has 3 aliphatic rings. The molecule has 0 amide bonds. The zero-order chi connectivity index (χ0) is 76.2. The van der Waals surface area contributed by atoms with Gasteiger partial charge < -0.3 is 9.80 Å². The van der Waals surface area contributed by atoms with Gasteiger partial charge in [-0.05, 0) is 310 Å². The zero-order valence-corrected chi connectivity index (χ0v) is 65.0. The highest BCUT2D eigenvalue weighted by molar-refractivity contribution is 6.23. The minimum absolute atomic E-state index is 0.0851. The highest BCUT2D eigenvalue weighted by atomic mass is 15.1. The minimum Gasteiger partial charge on any atom is -0.310 e. The summed E-state index contributed by atoms with van der Waals surface area (Å²) in [4.78, 5) is 4.85. The number of hydrogen-bond acceptors (Lipinski definition) is 2. The predicted molar refractivity (Wildman–Crippen MR) is 483 cm³/mol. The van der Waals surface area contributed by atoms with Gasteiger partial charge in [0.1, 0.15) is 0 Å². The van der Waals surface area contributed by atoms with E-state index in [4.69, 9.17) is 0 Å². The fourth-order valence-corrected chi connectivity index (χ4v) is 19.9. The summed E-state index contributed by atoms with van der Waals surface area (Å²) in [7, 11) is 0. The number of fused-ring (bicyclic) bond motifs is 16. The second kappa shape index (κ2) is 25.9. The molecule has 0 radical (unpaired) electrons. The third-order valence-corrected chi connectivity index (χ3v) is 25.8. The van der Waals surface area contributed by atoms with Crippen LogP contribution in [-0.2, 0) is 16.2 Å². The van der Waals surface area contributed by atoms with E-state index in [-0.39, 0.29) is 16.2 Å². The monoisotopic (exact) mass is 1440 g/mol. The van der Waals surface area contributed by atoms with E-state index in [0.29, 0.717) is 0 Å². The molecule has 2 heteroatoms. The summed E-state index contributed by atoms with van der Waals surface area (Å²) in [6, 6.07) is 136. The molecule has 19 aromatic carbocycles. The number of hydrogen-bond donors (Lipinski definition) is 0. The predicted octanol–water partition coefficient (Wildman–Crippen LogP) is 30.9. The van der Waals surface area contributed by atoms with E-state index >= 15 is 0 Å². The molecule has 0 aromatic heterocycles. The number of rotatable bonds is 9. The van der Waals surface area contributed by atoms with E-state index < -0.39 is 0 Å². The van der Waals surface area contributed by atoms with Crippen molar-refractivity contribution in [2.45, 2.75) is 71.6 Å². The average molecular weight is 1450 g/mol. The average Bonchev–Trinajstić information content (AvgIpc) is 1.60. The number of benzene rings is 19. The molecule has 3 aliphatic carbocycles. The Kier molecular flexibility index (Phi) is 15.5. The second-order valence-corrected chi connectivity index (χ2v) is 33.2. The molecule has 22 rings (SSSR count). The molecule has 0 fully saturated rings. The number of para-hydroxylation sites is 2. The van der Waals surface area contributed by atoms with E-state index in [9.17, 15) is 0 Å². The maximum absolute atomic E-state index is 2.54. The van der Waals surface area contributed by atoms with Gasteiger partial charge in [0.15, 0.2) is 0 Å². The van der Waals surface area contributed by atoms with Crippen molar-refractivity contribution in [1.82, 2.24) is 0 Å². The van der Waals surface area contributed by atoms with Crippen LogP contribution in [0.5, 0.6) is 0 Å².